The van der Waals surface area contributed by atoms with E-state index >= 15 is 0 Å². The van der Waals surface area contributed by atoms with Crippen molar-refractivity contribution >= 4 is 19.0 Å². The topological polar surface area (TPSA) is 35.5 Å². The molecule has 0 atom stereocenters. The van der Waals surface area contributed by atoms with Crippen LogP contribution in [0.25, 0.3) is 11.4 Å². The van der Waals surface area contributed by atoms with Gasteiger partial charge in [0.15, 0.2) is 0 Å². The van der Waals surface area contributed by atoms with E-state index in [9.17, 15) is 8.96 Å². The molecule has 0 fully saturated rings. The zero-order chi connectivity index (χ0) is 15.3. The third kappa shape index (κ3) is 3.67. The van der Waals surface area contributed by atoms with E-state index in [1.54, 1.807) is 18.2 Å². The molecule has 0 spiro atoms. The van der Waals surface area contributed by atoms with Gasteiger partial charge in [0.1, 0.15) is 5.82 Å². The molecule has 3 nitrogen and oxygen atoms in total. The summed E-state index contributed by atoms with van der Waals surface area (Å²) in [6.45, 7) is 0. The Morgan fingerprint density at radius 1 is 1.00 bits per heavy atom. The van der Waals surface area contributed by atoms with Gasteiger partial charge in [0.25, 0.3) is 0 Å². The van der Waals surface area contributed by atoms with E-state index in [4.69, 9.17) is 9.05 Å². The van der Waals surface area contributed by atoms with Crippen LogP contribution in [0.5, 0.6) is 0 Å². The molecule has 0 saturated carbocycles. The van der Waals surface area contributed by atoms with Gasteiger partial charge < -0.3 is 9.05 Å². The maximum absolute atomic E-state index is 13.1. The molecule has 0 radical (unpaired) electrons. The van der Waals surface area contributed by atoms with Crippen LogP contribution in [0.3, 0.4) is 0 Å². The minimum Gasteiger partial charge on any atom is -0.309 e. The molecule has 110 valence electrons. The fourth-order valence-corrected chi connectivity index (χ4v) is 3.23. The van der Waals surface area contributed by atoms with Crippen molar-refractivity contribution in [3.05, 3.63) is 71.5 Å². The first-order valence-corrected chi connectivity index (χ1v) is 7.88. The summed E-state index contributed by atoms with van der Waals surface area (Å²) in [6.07, 6.45) is 1.72. The van der Waals surface area contributed by atoms with E-state index < -0.39 is 7.60 Å². The minimum absolute atomic E-state index is 0.359. The van der Waals surface area contributed by atoms with Gasteiger partial charge in [0.2, 0.25) is 0 Å². The summed E-state index contributed by atoms with van der Waals surface area (Å²) in [6, 6.07) is 15.1. The Balaban J connectivity index is 2.57. The van der Waals surface area contributed by atoms with E-state index in [2.05, 4.69) is 0 Å². The maximum atomic E-state index is 13.1. The highest BCUT2D eigenvalue weighted by atomic mass is 31.2. The highest BCUT2D eigenvalue weighted by molar-refractivity contribution is 7.65. The molecule has 2 rings (SSSR count). The smallest absolute Gasteiger partial charge is 0.309 e. The van der Waals surface area contributed by atoms with Gasteiger partial charge in [-0.3, -0.25) is 4.57 Å². The summed E-state index contributed by atoms with van der Waals surface area (Å²) in [4.78, 5) is 0. The van der Waals surface area contributed by atoms with Gasteiger partial charge in [0.05, 0.1) is 5.31 Å². The van der Waals surface area contributed by atoms with Crippen molar-refractivity contribution in [1.29, 1.82) is 0 Å². The van der Waals surface area contributed by atoms with Crippen molar-refractivity contribution in [3.8, 4) is 0 Å². The van der Waals surface area contributed by atoms with Gasteiger partial charge >= 0.3 is 7.60 Å². The lowest BCUT2D eigenvalue weighted by Gasteiger charge is -2.17. The van der Waals surface area contributed by atoms with Crippen LogP contribution in [-0.2, 0) is 13.6 Å². The van der Waals surface area contributed by atoms with E-state index in [0.717, 1.165) is 5.56 Å². The lowest BCUT2D eigenvalue weighted by molar-refractivity contribution is 0.288. The average Bonchev–Trinajstić information content (AvgIpc) is 2.54. The van der Waals surface area contributed by atoms with Crippen LogP contribution in [-0.4, -0.2) is 14.2 Å². The predicted octanol–water partition coefficient (Wildman–Crippen LogP) is 4.81. The normalized spacial score (nSPS) is 12.4. The summed E-state index contributed by atoms with van der Waals surface area (Å²) >= 11 is 0. The van der Waals surface area contributed by atoms with Crippen molar-refractivity contribution in [2.75, 3.05) is 14.2 Å². The Morgan fingerprint density at radius 2 is 1.57 bits per heavy atom. The van der Waals surface area contributed by atoms with Crippen LogP contribution in [0.1, 0.15) is 11.1 Å². The summed E-state index contributed by atoms with van der Waals surface area (Å²) in [5, 5.41) is 0.388. The van der Waals surface area contributed by atoms with Crippen molar-refractivity contribution in [2.45, 2.75) is 0 Å². The molecule has 2 aromatic rings. The van der Waals surface area contributed by atoms with Crippen LogP contribution in [0.2, 0.25) is 0 Å². The molecular formula is C16H16FO3P. The van der Waals surface area contributed by atoms with E-state index in [1.807, 2.05) is 30.3 Å². The molecule has 0 amide bonds. The SMILES string of the molecule is COP(=O)(OC)/C(=C/c1ccccc1)c1ccc(F)cc1. The summed E-state index contributed by atoms with van der Waals surface area (Å²) in [5.41, 5.74) is 1.44. The molecular weight excluding hydrogens is 290 g/mol. The van der Waals surface area contributed by atoms with Crippen molar-refractivity contribution in [3.63, 3.8) is 0 Å². The molecule has 0 heterocycles. The Bertz CT molecular complexity index is 658. The molecule has 0 aliphatic heterocycles. The molecule has 0 unspecified atom stereocenters. The van der Waals surface area contributed by atoms with Gasteiger partial charge in [-0.1, -0.05) is 42.5 Å². The molecule has 0 bridgehead atoms. The summed E-state index contributed by atoms with van der Waals surface area (Å²) in [7, 11) is -0.803. The Morgan fingerprint density at radius 3 is 2.10 bits per heavy atom. The quantitative estimate of drug-likeness (QED) is 0.587. The summed E-state index contributed by atoms with van der Waals surface area (Å²) in [5.74, 6) is -0.359. The summed E-state index contributed by atoms with van der Waals surface area (Å²) < 4.78 is 36.0. The zero-order valence-electron chi connectivity index (χ0n) is 11.8. The fraction of sp³-hybridized carbons (Fsp3) is 0.125. The molecule has 21 heavy (non-hydrogen) atoms. The Hall–Kier alpha value is -1.74. The van der Waals surface area contributed by atoms with E-state index in [-0.39, 0.29) is 5.82 Å². The number of rotatable bonds is 5. The second-order valence-electron chi connectivity index (χ2n) is 4.31. The van der Waals surface area contributed by atoms with Gasteiger partial charge in [-0.25, -0.2) is 4.39 Å². The molecule has 0 aliphatic carbocycles. The fourth-order valence-electron chi connectivity index (χ4n) is 1.92. The lowest BCUT2D eigenvalue weighted by atomic mass is 10.1. The largest absolute Gasteiger partial charge is 0.361 e. The molecule has 5 heteroatoms. The van der Waals surface area contributed by atoms with Crippen LogP contribution in [0.4, 0.5) is 4.39 Å². The maximum Gasteiger partial charge on any atom is 0.361 e. The number of benzene rings is 2. The third-order valence-corrected chi connectivity index (χ3v) is 4.96. The highest BCUT2D eigenvalue weighted by Crippen LogP contribution is 2.59. The standard InChI is InChI=1S/C16H16FO3P/c1-19-21(18,20-2)16(12-13-6-4-3-5-7-13)14-8-10-15(17)11-9-14/h3-12H,1-2H3/b16-12+. The second kappa shape index (κ2) is 6.81. The van der Waals surface area contributed by atoms with E-state index in [1.165, 1.54) is 26.4 Å². The van der Waals surface area contributed by atoms with Crippen molar-refractivity contribution in [2.24, 2.45) is 0 Å². The molecule has 0 saturated heterocycles. The molecule has 0 N–H and O–H groups in total. The first kappa shape index (κ1) is 15.6. The number of halogens is 1. The first-order chi connectivity index (χ1) is 10.1. The number of hydrogen-bond acceptors (Lipinski definition) is 3. The van der Waals surface area contributed by atoms with Crippen LogP contribution < -0.4 is 0 Å². The Labute approximate surface area is 123 Å². The minimum atomic E-state index is -3.46. The van der Waals surface area contributed by atoms with Gasteiger partial charge in [-0.2, -0.15) is 0 Å². The third-order valence-electron chi connectivity index (χ3n) is 3.02. The van der Waals surface area contributed by atoms with Gasteiger partial charge in [-0.05, 0) is 29.3 Å². The van der Waals surface area contributed by atoms with Gasteiger partial charge in [0, 0.05) is 14.2 Å². The molecule has 0 aliphatic rings. The van der Waals surface area contributed by atoms with Crippen LogP contribution >= 0.6 is 7.60 Å². The molecule has 0 aromatic heterocycles. The Kier molecular flexibility index (Phi) is 5.07. The monoisotopic (exact) mass is 306 g/mol. The highest BCUT2D eigenvalue weighted by Gasteiger charge is 2.28. The number of hydrogen-bond donors (Lipinski definition) is 0. The van der Waals surface area contributed by atoms with Crippen LogP contribution in [0.15, 0.2) is 54.6 Å². The van der Waals surface area contributed by atoms with Crippen molar-refractivity contribution < 1.29 is 18.0 Å². The predicted molar refractivity (Wildman–Crippen MR) is 82.3 cm³/mol. The van der Waals surface area contributed by atoms with Gasteiger partial charge in [-0.15, -0.1) is 0 Å². The molecule has 2 aromatic carbocycles. The van der Waals surface area contributed by atoms with Crippen LogP contribution in [0, 0.1) is 5.82 Å². The van der Waals surface area contributed by atoms with E-state index in [0.29, 0.717) is 10.9 Å². The van der Waals surface area contributed by atoms with Crippen molar-refractivity contribution in [1.82, 2.24) is 0 Å². The zero-order valence-corrected chi connectivity index (χ0v) is 12.7. The lowest BCUT2D eigenvalue weighted by Crippen LogP contribution is -1.94. The first-order valence-electron chi connectivity index (χ1n) is 6.34. The average molecular weight is 306 g/mol. The second-order valence-corrected chi connectivity index (χ2v) is 6.52.